The summed E-state index contributed by atoms with van der Waals surface area (Å²) in [4.78, 5) is 22.1. The normalized spacial score (nSPS) is 11.4. The third kappa shape index (κ3) is 3.21. The monoisotopic (exact) mass is 434 g/mol. The van der Waals surface area contributed by atoms with Crippen LogP contribution in [0.5, 0.6) is 0 Å². The number of halogens is 1. The molecule has 8 heteroatoms. The fraction of sp³-hybridized carbons (Fsp3) is 0. The van der Waals surface area contributed by atoms with Crippen molar-refractivity contribution >= 4 is 48.5 Å². The van der Waals surface area contributed by atoms with Gasteiger partial charge in [-0.25, -0.2) is 18.0 Å². The number of carboxylic acid groups (broad SMARTS) is 2. The molecule has 26 heavy (non-hydrogen) atoms. The first-order valence-corrected chi connectivity index (χ1v) is 9.53. The largest absolute Gasteiger partial charge is 0.478 e. The lowest BCUT2D eigenvalue weighted by Crippen LogP contribution is -2.10. The summed E-state index contributed by atoms with van der Waals surface area (Å²) in [6, 6.07) is 12.9. The first-order valence-electron chi connectivity index (χ1n) is 7.25. The maximum Gasteiger partial charge on any atom is 0.336 e. The van der Waals surface area contributed by atoms with E-state index in [1.54, 1.807) is 18.2 Å². The van der Waals surface area contributed by atoms with Crippen LogP contribution < -0.4 is 0 Å². The average Bonchev–Trinajstić information content (AvgIpc) is 2.60. The quantitative estimate of drug-likeness (QED) is 0.645. The Balaban J connectivity index is 2.16. The minimum Gasteiger partial charge on any atom is -0.478 e. The van der Waals surface area contributed by atoms with Gasteiger partial charge in [-0.2, -0.15) is 0 Å². The number of rotatable bonds is 4. The highest BCUT2D eigenvalue weighted by molar-refractivity contribution is 9.10. The van der Waals surface area contributed by atoms with Crippen molar-refractivity contribution in [2.24, 2.45) is 0 Å². The maximum atomic E-state index is 12.9. The summed E-state index contributed by atoms with van der Waals surface area (Å²) in [5.41, 5.74) is -1.05. The van der Waals surface area contributed by atoms with Crippen molar-refractivity contribution in [3.8, 4) is 0 Å². The first kappa shape index (κ1) is 18.1. The van der Waals surface area contributed by atoms with E-state index in [1.165, 1.54) is 12.1 Å². The molecule has 0 aliphatic carbocycles. The summed E-state index contributed by atoms with van der Waals surface area (Å²) in [5, 5.41) is 19.8. The summed E-state index contributed by atoms with van der Waals surface area (Å²) in [5.74, 6) is -2.95. The van der Waals surface area contributed by atoms with Crippen LogP contribution in [-0.4, -0.2) is 30.6 Å². The number of carboxylic acids is 2. The zero-order valence-corrected chi connectivity index (χ0v) is 15.4. The van der Waals surface area contributed by atoms with Crippen molar-refractivity contribution in [2.45, 2.75) is 9.79 Å². The Labute approximate surface area is 156 Å². The van der Waals surface area contributed by atoms with Crippen molar-refractivity contribution in [2.75, 3.05) is 0 Å². The zero-order valence-electron chi connectivity index (χ0n) is 13.0. The van der Waals surface area contributed by atoms with Gasteiger partial charge in [0.25, 0.3) is 0 Å². The molecule has 0 aliphatic heterocycles. The molecule has 3 aromatic carbocycles. The number of sulfone groups is 1. The second-order valence-electron chi connectivity index (χ2n) is 5.47. The number of hydrogen-bond acceptors (Lipinski definition) is 4. The summed E-state index contributed by atoms with van der Waals surface area (Å²) < 4.78 is 26.6. The molecule has 0 aliphatic rings. The third-order valence-electron chi connectivity index (χ3n) is 3.85. The van der Waals surface area contributed by atoms with Crippen LogP contribution in [0.4, 0.5) is 0 Å². The Hall–Kier alpha value is -2.71. The standard InChI is InChI=1S/C18H11BrO6S/c19-12-3-1-11-8-13(4-2-10(11)7-12)26(24,25)14-5-6-15(17(20)21)16(9-14)18(22)23/h1-9H,(H,20,21)(H,22,23). The number of hydrogen-bond donors (Lipinski definition) is 2. The van der Waals surface area contributed by atoms with E-state index in [0.717, 1.165) is 28.1 Å². The molecule has 0 spiro atoms. The molecule has 3 aromatic rings. The molecule has 0 heterocycles. The SMILES string of the molecule is O=C(O)c1ccc(S(=O)(=O)c2ccc3cc(Br)ccc3c2)cc1C(=O)O. The molecule has 2 N–H and O–H groups in total. The molecular weight excluding hydrogens is 424 g/mol. The second-order valence-corrected chi connectivity index (χ2v) is 8.34. The van der Waals surface area contributed by atoms with E-state index in [1.807, 2.05) is 6.07 Å². The Kier molecular flexibility index (Phi) is 4.55. The van der Waals surface area contributed by atoms with Crippen molar-refractivity contribution in [3.05, 3.63) is 70.2 Å². The van der Waals surface area contributed by atoms with Gasteiger partial charge in [-0.05, 0) is 53.2 Å². The van der Waals surface area contributed by atoms with Crippen LogP contribution in [0, 0.1) is 0 Å². The topological polar surface area (TPSA) is 109 Å². The number of benzene rings is 3. The van der Waals surface area contributed by atoms with Crippen molar-refractivity contribution < 1.29 is 28.2 Å². The van der Waals surface area contributed by atoms with Crippen LogP contribution in [0.1, 0.15) is 20.7 Å². The fourth-order valence-electron chi connectivity index (χ4n) is 2.55. The van der Waals surface area contributed by atoms with Gasteiger partial charge in [0.1, 0.15) is 0 Å². The summed E-state index contributed by atoms with van der Waals surface area (Å²) in [6.07, 6.45) is 0. The molecule has 0 saturated heterocycles. The lowest BCUT2D eigenvalue weighted by Gasteiger charge is -2.09. The van der Waals surface area contributed by atoms with Crippen LogP contribution in [0.25, 0.3) is 10.8 Å². The lowest BCUT2D eigenvalue weighted by molar-refractivity contribution is 0.0651. The predicted octanol–water partition coefficient (Wildman–Crippen LogP) is 3.83. The van der Waals surface area contributed by atoms with Gasteiger partial charge in [0, 0.05) is 4.47 Å². The van der Waals surface area contributed by atoms with Gasteiger partial charge in [0.15, 0.2) is 0 Å². The Morgan fingerprint density at radius 3 is 1.92 bits per heavy atom. The molecule has 3 rings (SSSR count). The summed E-state index contributed by atoms with van der Waals surface area (Å²) >= 11 is 3.35. The minimum atomic E-state index is -4.01. The van der Waals surface area contributed by atoms with Gasteiger partial charge in [-0.15, -0.1) is 0 Å². The van der Waals surface area contributed by atoms with Gasteiger partial charge in [0.05, 0.1) is 20.9 Å². The van der Waals surface area contributed by atoms with Gasteiger partial charge < -0.3 is 10.2 Å². The third-order valence-corrected chi connectivity index (χ3v) is 6.09. The van der Waals surface area contributed by atoms with E-state index in [-0.39, 0.29) is 9.79 Å². The summed E-state index contributed by atoms with van der Waals surface area (Å²) in [6.45, 7) is 0. The molecule has 0 unspecified atom stereocenters. The van der Waals surface area contributed by atoms with Crippen LogP contribution in [0.2, 0.25) is 0 Å². The molecule has 0 radical (unpaired) electrons. The molecule has 0 atom stereocenters. The molecule has 0 fully saturated rings. The minimum absolute atomic E-state index is 0.00765. The van der Waals surface area contributed by atoms with E-state index in [9.17, 15) is 23.1 Å². The lowest BCUT2D eigenvalue weighted by atomic mass is 10.1. The molecular formula is C18H11BrO6S. The van der Waals surface area contributed by atoms with Crippen molar-refractivity contribution in [1.82, 2.24) is 0 Å². The highest BCUT2D eigenvalue weighted by Crippen LogP contribution is 2.28. The number of fused-ring (bicyclic) bond motifs is 1. The highest BCUT2D eigenvalue weighted by atomic mass is 79.9. The molecule has 0 saturated carbocycles. The van der Waals surface area contributed by atoms with Crippen LogP contribution in [0.3, 0.4) is 0 Å². The Morgan fingerprint density at radius 2 is 1.27 bits per heavy atom. The summed E-state index contributed by atoms with van der Waals surface area (Å²) in [7, 11) is -4.01. The molecule has 132 valence electrons. The van der Waals surface area contributed by atoms with E-state index in [0.29, 0.717) is 5.39 Å². The maximum absolute atomic E-state index is 12.9. The predicted molar refractivity (Wildman–Crippen MR) is 97.5 cm³/mol. The van der Waals surface area contributed by atoms with E-state index in [2.05, 4.69) is 15.9 Å². The average molecular weight is 435 g/mol. The van der Waals surface area contributed by atoms with Crippen LogP contribution >= 0.6 is 15.9 Å². The van der Waals surface area contributed by atoms with E-state index >= 15 is 0 Å². The molecule has 6 nitrogen and oxygen atoms in total. The van der Waals surface area contributed by atoms with Crippen LogP contribution in [-0.2, 0) is 9.84 Å². The first-order chi connectivity index (χ1) is 12.2. The Morgan fingerprint density at radius 1 is 0.731 bits per heavy atom. The zero-order chi connectivity index (χ0) is 19.1. The Bertz CT molecular complexity index is 1170. The molecule has 0 bridgehead atoms. The smallest absolute Gasteiger partial charge is 0.336 e. The van der Waals surface area contributed by atoms with Gasteiger partial charge in [0.2, 0.25) is 9.84 Å². The van der Waals surface area contributed by atoms with E-state index in [4.69, 9.17) is 5.11 Å². The highest BCUT2D eigenvalue weighted by Gasteiger charge is 2.23. The van der Waals surface area contributed by atoms with Crippen molar-refractivity contribution in [3.63, 3.8) is 0 Å². The number of carbonyl (C=O) groups is 2. The van der Waals surface area contributed by atoms with Gasteiger partial charge in [-0.1, -0.05) is 28.1 Å². The fourth-order valence-corrected chi connectivity index (χ4v) is 4.25. The van der Waals surface area contributed by atoms with Gasteiger partial charge in [-0.3, -0.25) is 0 Å². The second kappa shape index (κ2) is 6.54. The molecule has 0 amide bonds. The van der Waals surface area contributed by atoms with Gasteiger partial charge >= 0.3 is 11.9 Å². The van der Waals surface area contributed by atoms with E-state index < -0.39 is 32.9 Å². The number of aromatic carboxylic acids is 2. The van der Waals surface area contributed by atoms with Crippen molar-refractivity contribution in [1.29, 1.82) is 0 Å². The van der Waals surface area contributed by atoms with Crippen LogP contribution in [0.15, 0.2) is 68.9 Å². The molecule has 0 aromatic heterocycles.